The number of pyridine rings is 1. The summed E-state index contributed by atoms with van der Waals surface area (Å²) in [6.45, 7) is 5.82. The Morgan fingerprint density at radius 3 is 2.39 bits per heavy atom. The highest BCUT2D eigenvalue weighted by atomic mass is 35.5. The Hall–Kier alpha value is -3.04. The predicted octanol–water partition coefficient (Wildman–Crippen LogP) is 2.89. The number of fused-ring (bicyclic) bond motifs is 1. The lowest BCUT2D eigenvalue weighted by molar-refractivity contribution is 0.0738. The van der Waals surface area contributed by atoms with E-state index in [2.05, 4.69) is 20.1 Å². The fraction of sp³-hybridized carbons (Fsp3) is 0.391. The summed E-state index contributed by atoms with van der Waals surface area (Å²) in [6.07, 6.45) is 2.98. The van der Waals surface area contributed by atoms with Gasteiger partial charge in [0.1, 0.15) is 28.5 Å². The van der Waals surface area contributed by atoms with Gasteiger partial charge in [0.25, 0.3) is 5.91 Å². The van der Waals surface area contributed by atoms with Crippen molar-refractivity contribution in [1.82, 2.24) is 24.9 Å². The van der Waals surface area contributed by atoms with E-state index >= 15 is 0 Å². The Bertz CT molecular complexity index is 1180. The van der Waals surface area contributed by atoms with Gasteiger partial charge < -0.3 is 14.9 Å². The Morgan fingerprint density at radius 2 is 1.76 bits per heavy atom. The van der Waals surface area contributed by atoms with Crippen molar-refractivity contribution in [3.05, 3.63) is 64.8 Å². The molecule has 2 aliphatic rings. The first kappa shape index (κ1) is 21.8. The van der Waals surface area contributed by atoms with Crippen molar-refractivity contribution >= 4 is 23.3 Å². The van der Waals surface area contributed by atoms with Gasteiger partial charge in [-0.25, -0.2) is 9.37 Å². The van der Waals surface area contributed by atoms with Crippen LogP contribution in [0.1, 0.15) is 29.9 Å². The van der Waals surface area contributed by atoms with E-state index in [0.717, 1.165) is 18.9 Å². The number of aliphatic hydroxyl groups is 1. The number of carbonyl (C=O) groups excluding carboxylic acids is 1. The number of likely N-dealkylation sites (tertiary alicyclic amines) is 1. The van der Waals surface area contributed by atoms with Crippen LogP contribution in [0, 0.1) is 17.7 Å². The van der Waals surface area contributed by atoms with E-state index in [4.69, 9.17) is 11.6 Å². The maximum atomic E-state index is 14.7. The zero-order valence-corrected chi connectivity index (χ0v) is 19.1. The van der Waals surface area contributed by atoms with Gasteiger partial charge >= 0.3 is 0 Å². The molecule has 10 heteroatoms. The third kappa shape index (κ3) is 3.95. The number of anilines is 1. The molecule has 0 unspecified atom stereocenters. The molecule has 2 aromatic heterocycles. The highest BCUT2D eigenvalue weighted by Crippen LogP contribution is 2.36. The van der Waals surface area contributed by atoms with E-state index in [1.807, 2.05) is 6.07 Å². The molecule has 5 rings (SSSR count). The number of benzene rings is 1. The third-order valence-electron chi connectivity index (χ3n) is 6.35. The van der Waals surface area contributed by atoms with Gasteiger partial charge in [-0.1, -0.05) is 17.7 Å². The molecular formula is C23H24ClFN6O2. The minimum Gasteiger partial charge on any atom is -0.384 e. The number of rotatable bonds is 4. The molecule has 2 atom stereocenters. The maximum Gasteiger partial charge on any atom is 0.259 e. The Kier molecular flexibility index (Phi) is 5.33. The fourth-order valence-corrected chi connectivity index (χ4v) is 5.11. The lowest BCUT2D eigenvalue weighted by atomic mass is 10.0. The summed E-state index contributed by atoms with van der Waals surface area (Å²) in [5.41, 5.74) is -0.393. The van der Waals surface area contributed by atoms with Crippen LogP contribution in [0.4, 0.5) is 10.2 Å². The zero-order chi connectivity index (χ0) is 23.3. The first-order valence-electron chi connectivity index (χ1n) is 10.8. The average molecular weight is 471 g/mol. The van der Waals surface area contributed by atoms with Gasteiger partial charge in [-0.15, -0.1) is 0 Å². The second-order valence-electron chi connectivity index (χ2n) is 9.15. The van der Waals surface area contributed by atoms with Gasteiger partial charge in [0.05, 0.1) is 23.1 Å². The summed E-state index contributed by atoms with van der Waals surface area (Å²) in [6, 6.07) is 8.07. The zero-order valence-electron chi connectivity index (χ0n) is 18.3. The number of nitrogens with zero attached hydrogens (tertiary/aromatic N) is 6. The summed E-state index contributed by atoms with van der Waals surface area (Å²) in [4.78, 5) is 23.1. The first-order valence-corrected chi connectivity index (χ1v) is 11.2. The van der Waals surface area contributed by atoms with Crippen LogP contribution in [0.2, 0.25) is 5.02 Å². The molecular weight excluding hydrogens is 447 g/mol. The van der Waals surface area contributed by atoms with E-state index in [-0.39, 0.29) is 23.3 Å². The monoisotopic (exact) mass is 470 g/mol. The number of halogens is 2. The summed E-state index contributed by atoms with van der Waals surface area (Å²) in [5, 5.41) is 18.9. The molecule has 172 valence electrons. The largest absolute Gasteiger partial charge is 0.384 e. The van der Waals surface area contributed by atoms with Crippen molar-refractivity contribution in [3.8, 4) is 5.69 Å². The number of aromatic nitrogens is 4. The second-order valence-corrected chi connectivity index (χ2v) is 9.55. The highest BCUT2D eigenvalue weighted by molar-refractivity contribution is 6.31. The van der Waals surface area contributed by atoms with Crippen molar-refractivity contribution in [1.29, 1.82) is 0 Å². The van der Waals surface area contributed by atoms with Crippen LogP contribution in [0.3, 0.4) is 0 Å². The molecule has 1 aromatic carbocycles. The number of carbonyl (C=O) groups is 1. The fourth-order valence-electron chi connectivity index (χ4n) is 4.77. The van der Waals surface area contributed by atoms with E-state index in [9.17, 15) is 14.3 Å². The van der Waals surface area contributed by atoms with Crippen molar-refractivity contribution in [2.45, 2.75) is 19.4 Å². The van der Waals surface area contributed by atoms with Gasteiger partial charge in [0.2, 0.25) is 0 Å². The third-order valence-corrected chi connectivity index (χ3v) is 6.65. The predicted molar refractivity (Wildman–Crippen MR) is 121 cm³/mol. The minimum atomic E-state index is -1.15. The molecule has 2 aliphatic heterocycles. The van der Waals surface area contributed by atoms with Crippen LogP contribution in [0.5, 0.6) is 0 Å². The molecule has 0 bridgehead atoms. The molecule has 3 aromatic rings. The molecule has 0 aliphatic carbocycles. The van der Waals surface area contributed by atoms with E-state index < -0.39 is 11.4 Å². The topological polar surface area (TPSA) is 87.4 Å². The smallest absolute Gasteiger partial charge is 0.259 e. The number of hydrogen-bond donors (Lipinski definition) is 1. The van der Waals surface area contributed by atoms with E-state index in [0.29, 0.717) is 29.5 Å². The van der Waals surface area contributed by atoms with Crippen molar-refractivity contribution < 1.29 is 14.3 Å². The van der Waals surface area contributed by atoms with Gasteiger partial charge in [-0.3, -0.25) is 4.79 Å². The molecule has 0 saturated carbocycles. The molecule has 8 nitrogen and oxygen atoms in total. The highest BCUT2D eigenvalue weighted by Gasteiger charge is 2.43. The summed E-state index contributed by atoms with van der Waals surface area (Å²) >= 11 is 6.23. The van der Waals surface area contributed by atoms with Crippen molar-refractivity contribution in [3.63, 3.8) is 0 Å². The van der Waals surface area contributed by atoms with Crippen LogP contribution in [0.25, 0.3) is 5.69 Å². The second kappa shape index (κ2) is 8.07. The van der Waals surface area contributed by atoms with Gasteiger partial charge in [-0.2, -0.15) is 15.0 Å². The van der Waals surface area contributed by atoms with Crippen molar-refractivity contribution in [2.75, 3.05) is 31.1 Å². The quantitative estimate of drug-likeness (QED) is 0.631. The normalized spacial score (nSPS) is 20.4. The average Bonchev–Trinajstić information content (AvgIpc) is 3.49. The molecule has 1 amide bonds. The van der Waals surface area contributed by atoms with Crippen molar-refractivity contribution in [2.24, 2.45) is 11.8 Å². The molecule has 4 heterocycles. The Balaban J connectivity index is 1.33. The molecule has 0 spiro atoms. The van der Waals surface area contributed by atoms with Gasteiger partial charge in [-0.05, 0) is 38.1 Å². The summed E-state index contributed by atoms with van der Waals surface area (Å²) in [7, 11) is 0. The Morgan fingerprint density at radius 1 is 1.09 bits per heavy atom. The number of hydrogen-bond acceptors (Lipinski definition) is 6. The van der Waals surface area contributed by atoms with Crippen LogP contribution < -0.4 is 4.90 Å². The molecule has 1 N–H and O–H groups in total. The van der Waals surface area contributed by atoms with E-state index in [1.165, 1.54) is 23.3 Å². The molecule has 0 radical (unpaired) electrons. The lowest BCUT2D eigenvalue weighted by Crippen LogP contribution is -2.34. The van der Waals surface area contributed by atoms with E-state index in [1.54, 1.807) is 36.9 Å². The first-order chi connectivity index (χ1) is 15.7. The van der Waals surface area contributed by atoms with Crippen LogP contribution in [-0.2, 0) is 5.60 Å². The SMILES string of the molecule is CC(C)(O)c1nc(N2C[C@H]3CN(C(=O)c4c(F)cccc4-n4nccn4)C[C@H]3C2)ccc1Cl. The van der Waals surface area contributed by atoms with Gasteiger partial charge in [0, 0.05) is 38.0 Å². The number of amides is 1. The molecule has 2 fully saturated rings. The van der Waals surface area contributed by atoms with Crippen LogP contribution in [-0.4, -0.2) is 62.1 Å². The standard InChI is InChI=1S/C23H24ClFN6O2/c1-23(2,33)21-16(24)6-7-19(28-21)29-10-14-12-30(13-15(14)11-29)22(32)20-17(25)4-3-5-18(20)31-26-8-9-27-31/h3-9,14-15,33H,10-13H2,1-2H3/t14-,15+. The van der Waals surface area contributed by atoms with Crippen LogP contribution in [0.15, 0.2) is 42.7 Å². The van der Waals surface area contributed by atoms with Crippen LogP contribution >= 0.6 is 11.6 Å². The minimum absolute atomic E-state index is 0.0142. The maximum absolute atomic E-state index is 14.7. The summed E-state index contributed by atoms with van der Waals surface area (Å²) < 4.78 is 14.7. The lowest BCUT2D eigenvalue weighted by Gasteiger charge is -2.25. The Labute approximate surface area is 195 Å². The molecule has 2 saturated heterocycles. The van der Waals surface area contributed by atoms with Gasteiger partial charge in [0.15, 0.2) is 0 Å². The molecule has 33 heavy (non-hydrogen) atoms. The summed E-state index contributed by atoms with van der Waals surface area (Å²) in [5.74, 6) is 0.309.